The van der Waals surface area contributed by atoms with Crippen LogP contribution in [0.2, 0.25) is 0 Å². The summed E-state index contributed by atoms with van der Waals surface area (Å²) in [5, 5.41) is 10.1. The van der Waals surface area contributed by atoms with Crippen LogP contribution in [0.1, 0.15) is 66.3 Å². The maximum Gasteiger partial charge on any atom is 0.410 e. The van der Waals surface area contributed by atoms with Crippen molar-refractivity contribution in [1.82, 2.24) is 15.1 Å². The molecule has 2 heterocycles. The topological polar surface area (TPSA) is 68.2 Å². The first-order valence-corrected chi connectivity index (χ1v) is 12.0. The molecule has 6 nitrogen and oxygen atoms in total. The number of nitrogens with zero attached hydrogens (tertiary/aromatic N) is 2. The molecule has 1 aliphatic heterocycles. The van der Waals surface area contributed by atoms with Crippen molar-refractivity contribution in [1.29, 1.82) is 0 Å². The van der Waals surface area contributed by atoms with Gasteiger partial charge in [0, 0.05) is 12.0 Å². The summed E-state index contributed by atoms with van der Waals surface area (Å²) >= 11 is 0. The number of anilines is 1. The van der Waals surface area contributed by atoms with Crippen LogP contribution in [0.3, 0.4) is 0 Å². The van der Waals surface area contributed by atoms with Gasteiger partial charge in [0.25, 0.3) is 5.91 Å². The van der Waals surface area contributed by atoms with Gasteiger partial charge in [-0.3, -0.25) is 4.79 Å². The van der Waals surface area contributed by atoms with Gasteiger partial charge in [-0.15, -0.1) is 0 Å². The summed E-state index contributed by atoms with van der Waals surface area (Å²) in [6.07, 6.45) is -2.15. The lowest BCUT2D eigenvalue weighted by Gasteiger charge is -2.34. The minimum absolute atomic E-state index is 0.0749. The highest BCUT2D eigenvalue weighted by molar-refractivity contribution is 5.99. The number of aryl methyl sites for hydroxylation is 1. The molecule has 192 valence electrons. The number of alkyl halides is 3. The van der Waals surface area contributed by atoms with Crippen molar-refractivity contribution in [2.45, 2.75) is 63.8 Å². The van der Waals surface area contributed by atoms with Crippen LogP contribution in [0.5, 0.6) is 5.75 Å². The van der Waals surface area contributed by atoms with Crippen LogP contribution in [0, 0.1) is 0 Å². The third-order valence-corrected chi connectivity index (χ3v) is 6.53. The molecule has 2 atom stereocenters. The van der Waals surface area contributed by atoms with Crippen molar-refractivity contribution in [3.05, 3.63) is 77.0 Å². The summed E-state index contributed by atoms with van der Waals surface area (Å²) in [5.41, 5.74) is 2.26. The average molecular weight is 501 g/mol. The van der Waals surface area contributed by atoms with Gasteiger partial charge in [-0.05, 0) is 55.5 Å². The van der Waals surface area contributed by atoms with Crippen molar-refractivity contribution in [3.63, 3.8) is 0 Å². The molecule has 0 fully saturated rings. The second kappa shape index (κ2) is 9.87. The van der Waals surface area contributed by atoms with Gasteiger partial charge in [0.05, 0.1) is 19.3 Å². The van der Waals surface area contributed by atoms with Gasteiger partial charge < -0.3 is 15.4 Å². The third kappa shape index (κ3) is 5.50. The molecular formula is C27H31F3N4O2. The Hall–Kier alpha value is -3.49. The van der Waals surface area contributed by atoms with Crippen LogP contribution < -0.4 is 15.4 Å². The molecule has 1 aliphatic rings. The minimum atomic E-state index is -4.51. The number of hydrogen-bond acceptors (Lipinski definition) is 4. The Morgan fingerprint density at radius 2 is 1.75 bits per heavy atom. The van der Waals surface area contributed by atoms with Crippen LogP contribution in [-0.2, 0) is 12.8 Å². The van der Waals surface area contributed by atoms with E-state index in [0.29, 0.717) is 6.42 Å². The van der Waals surface area contributed by atoms with Crippen LogP contribution in [0.25, 0.3) is 0 Å². The zero-order valence-corrected chi connectivity index (χ0v) is 20.8. The van der Waals surface area contributed by atoms with Crippen LogP contribution in [-0.4, -0.2) is 34.5 Å². The summed E-state index contributed by atoms with van der Waals surface area (Å²) < 4.78 is 48.1. The fourth-order valence-corrected chi connectivity index (χ4v) is 4.61. The quantitative estimate of drug-likeness (QED) is 0.426. The summed E-state index contributed by atoms with van der Waals surface area (Å²) in [7, 11) is 1.59. The van der Waals surface area contributed by atoms with E-state index in [-0.39, 0.29) is 17.8 Å². The second-order valence-electron chi connectivity index (χ2n) is 9.80. The van der Waals surface area contributed by atoms with E-state index in [9.17, 15) is 18.0 Å². The molecule has 0 saturated heterocycles. The van der Waals surface area contributed by atoms with Crippen molar-refractivity contribution in [2.75, 3.05) is 12.4 Å². The van der Waals surface area contributed by atoms with Crippen molar-refractivity contribution >= 4 is 11.7 Å². The smallest absolute Gasteiger partial charge is 0.410 e. The average Bonchev–Trinajstić information content (AvgIpc) is 3.27. The lowest BCUT2D eigenvalue weighted by atomic mass is 9.94. The Morgan fingerprint density at radius 3 is 2.33 bits per heavy atom. The number of nitrogens with one attached hydrogen (secondary N) is 2. The standard InChI is InChI=1S/C27H31F3N4O2/c1-5-17-6-10-19(11-7-17)22-14-23(27(28,29)30)34-24(32-22)21(16-31-34)25(35)33-26(2,3)15-18-8-12-20(36-4)13-9-18/h6-13,16,22-23,32H,5,14-15H2,1-4H3,(H,33,35). The molecule has 0 radical (unpaired) electrons. The van der Waals surface area contributed by atoms with E-state index in [4.69, 9.17) is 4.74 Å². The van der Waals surface area contributed by atoms with E-state index in [0.717, 1.165) is 33.5 Å². The van der Waals surface area contributed by atoms with Gasteiger partial charge in [-0.1, -0.05) is 43.3 Å². The molecule has 9 heteroatoms. The normalized spacial score (nSPS) is 17.8. The number of amides is 1. The van der Waals surface area contributed by atoms with E-state index in [1.54, 1.807) is 7.11 Å². The van der Waals surface area contributed by atoms with Gasteiger partial charge in [-0.2, -0.15) is 18.3 Å². The first-order valence-electron chi connectivity index (χ1n) is 12.0. The highest BCUT2D eigenvalue weighted by Gasteiger charge is 2.47. The zero-order chi connectivity index (χ0) is 26.1. The van der Waals surface area contributed by atoms with Gasteiger partial charge in [0.1, 0.15) is 17.1 Å². The number of carbonyl (C=O) groups is 1. The maximum atomic E-state index is 14.0. The molecule has 0 bridgehead atoms. The van der Waals surface area contributed by atoms with E-state index in [1.807, 2.05) is 69.3 Å². The summed E-state index contributed by atoms with van der Waals surface area (Å²) in [6.45, 7) is 5.76. The molecule has 2 N–H and O–H groups in total. The minimum Gasteiger partial charge on any atom is -0.497 e. The molecule has 4 rings (SSSR count). The van der Waals surface area contributed by atoms with Crippen molar-refractivity contribution < 1.29 is 22.7 Å². The van der Waals surface area contributed by atoms with Gasteiger partial charge >= 0.3 is 6.18 Å². The molecule has 3 aromatic rings. The lowest BCUT2D eigenvalue weighted by Crippen LogP contribution is -2.45. The molecule has 0 spiro atoms. The third-order valence-electron chi connectivity index (χ3n) is 6.53. The first-order chi connectivity index (χ1) is 17.0. The number of fused-ring (bicyclic) bond motifs is 1. The van der Waals surface area contributed by atoms with Crippen LogP contribution in [0.4, 0.5) is 19.0 Å². The molecular weight excluding hydrogens is 469 g/mol. The predicted molar refractivity (Wildman–Crippen MR) is 132 cm³/mol. The van der Waals surface area contributed by atoms with E-state index < -0.39 is 29.7 Å². The maximum absolute atomic E-state index is 14.0. The molecule has 0 saturated carbocycles. The number of benzene rings is 2. The fraction of sp³-hybridized carbons (Fsp3) is 0.407. The first kappa shape index (κ1) is 25.6. The Balaban J connectivity index is 1.58. The van der Waals surface area contributed by atoms with E-state index in [1.165, 1.54) is 6.20 Å². The molecule has 1 amide bonds. The van der Waals surface area contributed by atoms with Crippen molar-refractivity contribution in [2.24, 2.45) is 0 Å². The predicted octanol–water partition coefficient (Wildman–Crippen LogP) is 5.87. The zero-order valence-electron chi connectivity index (χ0n) is 20.8. The highest BCUT2D eigenvalue weighted by Crippen LogP contribution is 2.44. The molecule has 0 aliphatic carbocycles. The lowest BCUT2D eigenvalue weighted by molar-refractivity contribution is -0.173. The van der Waals surface area contributed by atoms with Crippen molar-refractivity contribution in [3.8, 4) is 5.75 Å². The summed E-state index contributed by atoms with van der Waals surface area (Å²) in [6, 6.07) is 12.6. The molecule has 1 aromatic heterocycles. The molecule has 2 aromatic carbocycles. The van der Waals surface area contributed by atoms with Crippen LogP contribution >= 0.6 is 0 Å². The molecule has 2 unspecified atom stereocenters. The summed E-state index contributed by atoms with van der Waals surface area (Å²) in [4.78, 5) is 13.3. The van der Waals surface area contributed by atoms with Gasteiger partial charge in [0.2, 0.25) is 0 Å². The Labute approximate surface area is 208 Å². The van der Waals surface area contributed by atoms with Gasteiger partial charge in [0.15, 0.2) is 6.04 Å². The number of aromatic nitrogens is 2. The Morgan fingerprint density at radius 1 is 1.11 bits per heavy atom. The summed E-state index contributed by atoms with van der Waals surface area (Å²) in [5.74, 6) is 0.326. The Bertz CT molecular complexity index is 1200. The number of carbonyl (C=O) groups excluding carboxylic acids is 1. The van der Waals surface area contributed by atoms with Crippen LogP contribution in [0.15, 0.2) is 54.7 Å². The number of methoxy groups -OCH3 is 1. The number of ether oxygens (including phenoxy) is 1. The number of rotatable bonds is 7. The fourth-order valence-electron chi connectivity index (χ4n) is 4.61. The monoisotopic (exact) mass is 500 g/mol. The largest absolute Gasteiger partial charge is 0.497 e. The number of hydrogen-bond donors (Lipinski definition) is 2. The molecule has 36 heavy (non-hydrogen) atoms. The highest BCUT2D eigenvalue weighted by atomic mass is 19.4. The van der Waals surface area contributed by atoms with E-state index >= 15 is 0 Å². The van der Waals surface area contributed by atoms with Gasteiger partial charge in [-0.25, -0.2) is 4.68 Å². The second-order valence-corrected chi connectivity index (χ2v) is 9.80. The Kier molecular flexibility index (Phi) is 7.02. The SMILES string of the molecule is CCc1ccc(C2CC(C(F)(F)F)n3ncc(C(=O)NC(C)(C)Cc4ccc(OC)cc4)c3N2)cc1. The number of halogens is 3. The van der Waals surface area contributed by atoms with E-state index in [2.05, 4.69) is 15.7 Å².